The first kappa shape index (κ1) is 14.1. The summed E-state index contributed by atoms with van der Waals surface area (Å²) in [6.07, 6.45) is 4.40. The van der Waals surface area contributed by atoms with Crippen LogP contribution in [0.2, 0.25) is 0 Å². The van der Waals surface area contributed by atoms with Crippen molar-refractivity contribution in [3.63, 3.8) is 0 Å². The SMILES string of the molecule is COC(=O)c1cccn2cc(Cc3ccccc3OC)nc12. The smallest absolute Gasteiger partial charge is 0.341 e. The zero-order valence-corrected chi connectivity index (χ0v) is 12.4. The van der Waals surface area contributed by atoms with Crippen LogP contribution >= 0.6 is 0 Å². The normalized spacial score (nSPS) is 10.6. The number of aromatic nitrogens is 2. The Balaban J connectivity index is 2.01. The molecule has 0 spiro atoms. The van der Waals surface area contributed by atoms with Crippen molar-refractivity contribution in [1.82, 2.24) is 9.38 Å². The Kier molecular flexibility index (Phi) is 3.78. The number of rotatable bonds is 4. The first-order chi connectivity index (χ1) is 10.7. The Morgan fingerprint density at radius 2 is 2.00 bits per heavy atom. The second-order valence-electron chi connectivity index (χ2n) is 4.87. The zero-order valence-electron chi connectivity index (χ0n) is 12.4. The van der Waals surface area contributed by atoms with E-state index < -0.39 is 0 Å². The Bertz CT molecular complexity index is 824. The molecule has 112 valence electrons. The van der Waals surface area contributed by atoms with Gasteiger partial charge in [0.1, 0.15) is 11.3 Å². The van der Waals surface area contributed by atoms with Crippen molar-refractivity contribution in [2.24, 2.45) is 0 Å². The van der Waals surface area contributed by atoms with Crippen LogP contribution in [0.5, 0.6) is 5.75 Å². The summed E-state index contributed by atoms with van der Waals surface area (Å²) >= 11 is 0. The van der Waals surface area contributed by atoms with Crippen molar-refractivity contribution < 1.29 is 14.3 Å². The molecule has 0 aliphatic heterocycles. The van der Waals surface area contributed by atoms with Crippen molar-refractivity contribution in [2.45, 2.75) is 6.42 Å². The molecule has 0 N–H and O–H groups in total. The van der Waals surface area contributed by atoms with Gasteiger partial charge in [0.05, 0.1) is 19.9 Å². The van der Waals surface area contributed by atoms with Gasteiger partial charge >= 0.3 is 5.97 Å². The molecule has 0 atom stereocenters. The first-order valence-corrected chi connectivity index (χ1v) is 6.89. The van der Waals surface area contributed by atoms with Gasteiger partial charge in [-0.15, -0.1) is 0 Å². The molecule has 3 aromatic rings. The summed E-state index contributed by atoms with van der Waals surface area (Å²) in [6.45, 7) is 0. The summed E-state index contributed by atoms with van der Waals surface area (Å²) in [4.78, 5) is 16.4. The number of hydrogen-bond donors (Lipinski definition) is 0. The molecule has 22 heavy (non-hydrogen) atoms. The van der Waals surface area contributed by atoms with Gasteiger partial charge in [0.2, 0.25) is 0 Å². The number of ether oxygens (including phenoxy) is 2. The molecule has 0 aliphatic carbocycles. The summed E-state index contributed by atoms with van der Waals surface area (Å²) in [7, 11) is 3.02. The van der Waals surface area contributed by atoms with Gasteiger partial charge in [0.25, 0.3) is 0 Å². The predicted molar refractivity (Wildman–Crippen MR) is 82.3 cm³/mol. The van der Waals surface area contributed by atoms with Crippen molar-refractivity contribution in [3.8, 4) is 5.75 Å². The fraction of sp³-hybridized carbons (Fsp3) is 0.176. The van der Waals surface area contributed by atoms with Gasteiger partial charge < -0.3 is 13.9 Å². The van der Waals surface area contributed by atoms with E-state index in [0.29, 0.717) is 17.6 Å². The molecule has 1 aromatic carbocycles. The molecule has 0 amide bonds. The number of esters is 1. The van der Waals surface area contributed by atoms with E-state index in [2.05, 4.69) is 4.98 Å². The van der Waals surface area contributed by atoms with Gasteiger partial charge in [-0.3, -0.25) is 0 Å². The fourth-order valence-corrected chi connectivity index (χ4v) is 2.46. The molecule has 0 unspecified atom stereocenters. The van der Waals surface area contributed by atoms with E-state index in [4.69, 9.17) is 9.47 Å². The van der Waals surface area contributed by atoms with Crippen LogP contribution in [0.3, 0.4) is 0 Å². The third kappa shape index (κ3) is 2.53. The van der Waals surface area contributed by atoms with Gasteiger partial charge in [0, 0.05) is 24.4 Å². The molecule has 0 fully saturated rings. The Morgan fingerprint density at radius 3 is 2.77 bits per heavy atom. The lowest BCUT2D eigenvalue weighted by Crippen LogP contribution is -2.03. The van der Waals surface area contributed by atoms with Crippen molar-refractivity contribution >= 4 is 11.6 Å². The predicted octanol–water partition coefficient (Wildman–Crippen LogP) is 2.72. The molecule has 0 saturated carbocycles. The van der Waals surface area contributed by atoms with Crippen molar-refractivity contribution in [3.05, 3.63) is 65.6 Å². The van der Waals surface area contributed by atoms with Crippen LogP contribution < -0.4 is 4.74 Å². The van der Waals surface area contributed by atoms with Gasteiger partial charge in [-0.1, -0.05) is 18.2 Å². The minimum atomic E-state index is -0.389. The second kappa shape index (κ2) is 5.89. The number of fused-ring (bicyclic) bond motifs is 1. The average Bonchev–Trinajstić information content (AvgIpc) is 2.96. The fourth-order valence-electron chi connectivity index (χ4n) is 2.46. The summed E-state index contributed by atoms with van der Waals surface area (Å²) < 4.78 is 12.0. The topological polar surface area (TPSA) is 52.8 Å². The lowest BCUT2D eigenvalue weighted by molar-refractivity contribution is 0.0602. The molecule has 0 aliphatic rings. The van der Waals surface area contributed by atoms with Crippen LogP contribution in [0.1, 0.15) is 21.6 Å². The highest BCUT2D eigenvalue weighted by Crippen LogP contribution is 2.21. The van der Waals surface area contributed by atoms with E-state index in [9.17, 15) is 4.79 Å². The molecular formula is C17H16N2O3. The number of hydrogen-bond acceptors (Lipinski definition) is 4. The van der Waals surface area contributed by atoms with Crippen LogP contribution in [0.4, 0.5) is 0 Å². The van der Waals surface area contributed by atoms with Crippen LogP contribution in [0.15, 0.2) is 48.8 Å². The molecule has 3 rings (SSSR count). The number of benzene rings is 1. The maximum Gasteiger partial charge on any atom is 0.341 e. The monoisotopic (exact) mass is 296 g/mol. The average molecular weight is 296 g/mol. The minimum Gasteiger partial charge on any atom is -0.496 e. The van der Waals surface area contributed by atoms with Gasteiger partial charge in [-0.2, -0.15) is 0 Å². The first-order valence-electron chi connectivity index (χ1n) is 6.89. The van der Waals surface area contributed by atoms with Crippen molar-refractivity contribution in [1.29, 1.82) is 0 Å². The number of methoxy groups -OCH3 is 2. The zero-order chi connectivity index (χ0) is 15.5. The minimum absolute atomic E-state index is 0.389. The number of para-hydroxylation sites is 1. The molecule has 5 heteroatoms. The van der Waals surface area contributed by atoms with E-state index in [1.807, 2.05) is 41.1 Å². The molecule has 0 bridgehead atoms. The summed E-state index contributed by atoms with van der Waals surface area (Å²) in [5, 5.41) is 0. The largest absolute Gasteiger partial charge is 0.496 e. The number of imidazole rings is 1. The molecule has 2 heterocycles. The molecule has 0 radical (unpaired) electrons. The van der Waals surface area contributed by atoms with Crippen LogP contribution in [0.25, 0.3) is 5.65 Å². The van der Waals surface area contributed by atoms with E-state index in [1.165, 1.54) is 7.11 Å². The standard InChI is InChI=1S/C17H16N2O3/c1-21-15-8-4-3-6-12(15)10-13-11-19-9-5-7-14(16(19)18-13)17(20)22-2/h3-9,11H,10H2,1-2H3. The second-order valence-corrected chi connectivity index (χ2v) is 4.87. The number of pyridine rings is 1. The van der Waals surface area contributed by atoms with Gasteiger partial charge in [-0.05, 0) is 18.2 Å². The molecule has 0 saturated heterocycles. The van der Waals surface area contributed by atoms with E-state index in [0.717, 1.165) is 17.0 Å². The van der Waals surface area contributed by atoms with E-state index in [-0.39, 0.29) is 5.97 Å². The third-order valence-electron chi connectivity index (χ3n) is 3.50. The van der Waals surface area contributed by atoms with Crippen molar-refractivity contribution in [2.75, 3.05) is 14.2 Å². The van der Waals surface area contributed by atoms with Gasteiger partial charge in [0.15, 0.2) is 5.65 Å². The Hall–Kier alpha value is -2.82. The maximum absolute atomic E-state index is 11.8. The Labute approximate surface area is 128 Å². The van der Waals surface area contributed by atoms with E-state index in [1.54, 1.807) is 19.2 Å². The number of nitrogens with zero attached hydrogens (tertiary/aromatic N) is 2. The lowest BCUT2D eigenvalue weighted by Gasteiger charge is -2.05. The molecule has 5 nitrogen and oxygen atoms in total. The highest BCUT2D eigenvalue weighted by atomic mass is 16.5. The number of carbonyl (C=O) groups excluding carboxylic acids is 1. The third-order valence-corrected chi connectivity index (χ3v) is 3.50. The summed E-state index contributed by atoms with van der Waals surface area (Å²) in [5.41, 5.74) is 2.96. The van der Waals surface area contributed by atoms with Crippen LogP contribution in [-0.2, 0) is 11.2 Å². The summed E-state index contributed by atoms with van der Waals surface area (Å²) in [5.74, 6) is 0.438. The van der Waals surface area contributed by atoms with Gasteiger partial charge in [-0.25, -0.2) is 9.78 Å². The molecule has 2 aromatic heterocycles. The Morgan fingerprint density at radius 1 is 1.18 bits per heavy atom. The highest BCUT2D eigenvalue weighted by Gasteiger charge is 2.14. The molecular weight excluding hydrogens is 280 g/mol. The van der Waals surface area contributed by atoms with E-state index >= 15 is 0 Å². The number of carbonyl (C=O) groups is 1. The quantitative estimate of drug-likeness (QED) is 0.695. The highest BCUT2D eigenvalue weighted by molar-refractivity contribution is 5.95. The summed E-state index contributed by atoms with van der Waals surface area (Å²) in [6, 6.07) is 11.3. The maximum atomic E-state index is 11.8. The lowest BCUT2D eigenvalue weighted by atomic mass is 10.1. The van der Waals surface area contributed by atoms with Crippen LogP contribution in [-0.4, -0.2) is 29.6 Å². The van der Waals surface area contributed by atoms with Crippen LogP contribution in [0, 0.1) is 0 Å².